The van der Waals surface area contributed by atoms with Crippen LogP contribution in [0.2, 0.25) is 5.02 Å². The number of rotatable bonds is 4. The average Bonchev–Trinajstić information content (AvgIpc) is 2.81. The molecule has 1 atom stereocenters. The molecule has 0 unspecified atom stereocenters. The number of imide groups is 1. The number of esters is 1. The number of fused-ring (bicyclic) bond motifs is 1. The van der Waals surface area contributed by atoms with Gasteiger partial charge in [-0.05, 0) is 12.0 Å². The molecule has 1 aromatic heterocycles. The Morgan fingerprint density at radius 1 is 1.26 bits per heavy atom. The lowest BCUT2D eigenvalue weighted by atomic mass is 10.1. The third-order valence-electron chi connectivity index (χ3n) is 3.06. The van der Waals surface area contributed by atoms with Crippen LogP contribution in [0.5, 0.6) is 0 Å². The summed E-state index contributed by atoms with van der Waals surface area (Å²) in [6, 6.07) is 6.28. The molecule has 1 heterocycles. The number of halogens is 1. The average molecular weight is 355 g/mol. The number of hydrogen-bond acceptors (Lipinski definition) is 5. The van der Waals surface area contributed by atoms with E-state index in [1.807, 2.05) is 23.5 Å². The molecule has 0 bridgehead atoms. The first-order valence-corrected chi connectivity index (χ1v) is 7.99. The minimum Gasteiger partial charge on any atom is -0.448 e. The topological polar surface area (TPSA) is 98.5 Å². The van der Waals surface area contributed by atoms with Gasteiger partial charge >= 0.3 is 12.0 Å². The highest BCUT2D eigenvalue weighted by molar-refractivity contribution is 7.21. The summed E-state index contributed by atoms with van der Waals surface area (Å²) in [5, 5.41) is 2.95. The van der Waals surface area contributed by atoms with E-state index in [2.05, 4.69) is 0 Å². The molecule has 23 heavy (non-hydrogen) atoms. The van der Waals surface area contributed by atoms with Gasteiger partial charge in [-0.2, -0.15) is 0 Å². The predicted octanol–water partition coefficient (Wildman–Crippen LogP) is 2.93. The molecule has 122 valence electrons. The molecule has 0 fully saturated rings. The zero-order valence-corrected chi connectivity index (χ0v) is 14.0. The number of hydrogen-bond donors (Lipinski definition) is 2. The highest BCUT2D eigenvalue weighted by atomic mass is 35.5. The Labute approximate surface area is 141 Å². The van der Waals surface area contributed by atoms with Gasteiger partial charge in [0.05, 0.1) is 5.02 Å². The molecule has 2 aromatic rings. The van der Waals surface area contributed by atoms with Crippen LogP contribution in [0.25, 0.3) is 10.1 Å². The van der Waals surface area contributed by atoms with Crippen LogP contribution in [-0.4, -0.2) is 24.0 Å². The molecule has 6 nitrogen and oxygen atoms in total. The largest absolute Gasteiger partial charge is 0.448 e. The monoisotopic (exact) mass is 354 g/mol. The van der Waals surface area contributed by atoms with E-state index in [1.165, 1.54) is 11.3 Å². The molecule has 0 radical (unpaired) electrons. The Balaban J connectivity index is 2.25. The molecule has 0 aliphatic carbocycles. The molecule has 0 saturated heterocycles. The fourth-order valence-electron chi connectivity index (χ4n) is 2.00. The van der Waals surface area contributed by atoms with E-state index in [4.69, 9.17) is 22.1 Å². The van der Waals surface area contributed by atoms with Crippen LogP contribution in [0.3, 0.4) is 0 Å². The molecule has 0 saturated carbocycles. The Hall–Kier alpha value is -2.12. The number of carbonyl (C=O) groups excluding carboxylic acids is 3. The fourth-order valence-corrected chi connectivity index (χ4v) is 3.39. The number of nitrogens with two attached hydrogens (primary N) is 1. The van der Waals surface area contributed by atoms with Crippen LogP contribution < -0.4 is 11.1 Å². The first-order valence-electron chi connectivity index (χ1n) is 6.79. The summed E-state index contributed by atoms with van der Waals surface area (Å²) < 4.78 is 6.08. The highest BCUT2D eigenvalue weighted by Crippen LogP contribution is 2.35. The van der Waals surface area contributed by atoms with Crippen molar-refractivity contribution in [3.63, 3.8) is 0 Å². The Morgan fingerprint density at radius 3 is 2.48 bits per heavy atom. The fraction of sp³-hybridized carbons (Fsp3) is 0.267. The molecule has 1 aromatic carbocycles. The molecule has 2 rings (SSSR count). The van der Waals surface area contributed by atoms with E-state index >= 15 is 0 Å². The van der Waals surface area contributed by atoms with E-state index in [0.29, 0.717) is 0 Å². The van der Waals surface area contributed by atoms with Crippen molar-refractivity contribution in [2.24, 2.45) is 11.7 Å². The Bertz CT molecular complexity index is 772. The second kappa shape index (κ2) is 6.97. The molecule has 3 N–H and O–H groups in total. The van der Waals surface area contributed by atoms with E-state index in [9.17, 15) is 14.4 Å². The molecule has 0 aliphatic heterocycles. The number of benzene rings is 1. The molecule has 0 aliphatic rings. The molecule has 8 heteroatoms. The molecule has 3 amide bonds. The summed E-state index contributed by atoms with van der Waals surface area (Å²) >= 11 is 7.40. The van der Waals surface area contributed by atoms with Crippen molar-refractivity contribution in [1.82, 2.24) is 5.32 Å². The van der Waals surface area contributed by atoms with Crippen molar-refractivity contribution >= 4 is 50.9 Å². The van der Waals surface area contributed by atoms with Crippen LogP contribution in [0.15, 0.2) is 24.3 Å². The summed E-state index contributed by atoms with van der Waals surface area (Å²) in [6.45, 7) is 3.37. The van der Waals surface area contributed by atoms with E-state index in [-0.39, 0.29) is 15.8 Å². The minimum absolute atomic E-state index is 0.213. The number of primary amides is 1. The van der Waals surface area contributed by atoms with Crippen LogP contribution in [-0.2, 0) is 9.53 Å². The summed E-state index contributed by atoms with van der Waals surface area (Å²) in [6.07, 6.45) is -1.14. The lowest BCUT2D eigenvalue weighted by molar-refractivity contribution is -0.130. The van der Waals surface area contributed by atoms with Crippen LogP contribution in [0.4, 0.5) is 4.79 Å². The van der Waals surface area contributed by atoms with E-state index in [1.54, 1.807) is 19.9 Å². The Kier molecular flexibility index (Phi) is 5.23. The Morgan fingerprint density at radius 2 is 1.91 bits per heavy atom. The van der Waals surface area contributed by atoms with Crippen molar-refractivity contribution in [1.29, 1.82) is 0 Å². The van der Waals surface area contributed by atoms with Gasteiger partial charge in [-0.3, -0.25) is 10.1 Å². The number of ether oxygens (including phenoxy) is 1. The van der Waals surface area contributed by atoms with Crippen molar-refractivity contribution in [2.45, 2.75) is 20.0 Å². The second-order valence-electron chi connectivity index (χ2n) is 5.16. The summed E-state index contributed by atoms with van der Waals surface area (Å²) in [4.78, 5) is 35.3. The number of nitrogens with one attached hydrogen (secondary N) is 1. The van der Waals surface area contributed by atoms with Crippen molar-refractivity contribution in [3.8, 4) is 0 Å². The first kappa shape index (κ1) is 17.2. The number of thiophene rings is 1. The van der Waals surface area contributed by atoms with Gasteiger partial charge in [0.25, 0.3) is 5.91 Å². The van der Waals surface area contributed by atoms with Gasteiger partial charge in [-0.15, -0.1) is 11.3 Å². The van der Waals surface area contributed by atoms with Gasteiger partial charge in [-0.25, -0.2) is 9.59 Å². The van der Waals surface area contributed by atoms with Crippen LogP contribution in [0.1, 0.15) is 23.5 Å². The lowest BCUT2D eigenvalue weighted by Gasteiger charge is -2.19. The summed E-state index contributed by atoms with van der Waals surface area (Å²) in [5.74, 6) is -1.82. The molecular formula is C15H15ClN2O4S. The normalized spacial score (nSPS) is 12.2. The van der Waals surface area contributed by atoms with Crippen molar-refractivity contribution < 1.29 is 19.1 Å². The smallest absolute Gasteiger partial charge is 0.350 e. The van der Waals surface area contributed by atoms with Gasteiger partial charge < -0.3 is 10.5 Å². The van der Waals surface area contributed by atoms with Crippen molar-refractivity contribution in [2.75, 3.05) is 0 Å². The highest BCUT2D eigenvalue weighted by Gasteiger charge is 2.29. The minimum atomic E-state index is -1.14. The number of amides is 3. The van der Waals surface area contributed by atoms with Gasteiger partial charge in [0, 0.05) is 10.1 Å². The lowest BCUT2D eigenvalue weighted by Crippen LogP contribution is -2.45. The number of urea groups is 1. The first-order chi connectivity index (χ1) is 10.8. The molecule has 0 spiro atoms. The zero-order chi connectivity index (χ0) is 17.1. The van der Waals surface area contributed by atoms with Crippen LogP contribution >= 0.6 is 22.9 Å². The SMILES string of the molecule is CC(C)[C@H](OC(=O)c1sc2ccccc2c1Cl)C(=O)NC(N)=O. The van der Waals surface area contributed by atoms with Crippen molar-refractivity contribution in [3.05, 3.63) is 34.2 Å². The maximum absolute atomic E-state index is 12.3. The summed E-state index contributed by atoms with van der Waals surface area (Å²) in [5.41, 5.74) is 4.92. The van der Waals surface area contributed by atoms with Gasteiger partial charge in [0.2, 0.25) is 0 Å². The number of carbonyl (C=O) groups is 3. The van der Waals surface area contributed by atoms with Gasteiger partial charge in [0.1, 0.15) is 4.88 Å². The summed E-state index contributed by atoms with van der Waals surface area (Å²) in [7, 11) is 0. The zero-order valence-electron chi connectivity index (χ0n) is 12.5. The predicted molar refractivity (Wildman–Crippen MR) is 88.6 cm³/mol. The van der Waals surface area contributed by atoms with Gasteiger partial charge in [-0.1, -0.05) is 43.6 Å². The third kappa shape index (κ3) is 3.80. The van der Waals surface area contributed by atoms with Crippen LogP contribution in [0, 0.1) is 5.92 Å². The third-order valence-corrected chi connectivity index (χ3v) is 4.72. The maximum atomic E-state index is 12.3. The van der Waals surface area contributed by atoms with E-state index in [0.717, 1.165) is 10.1 Å². The second-order valence-corrected chi connectivity index (χ2v) is 6.59. The van der Waals surface area contributed by atoms with E-state index < -0.39 is 24.0 Å². The standard InChI is InChI=1S/C15H15ClN2O4S/c1-7(2)11(13(19)18-15(17)21)22-14(20)12-10(16)8-5-3-4-6-9(8)23-12/h3-7,11H,1-2H3,(H3,17,18,19,21)/t11-/m0/s1. The molecular weight excluding hydrogens is 340 g/mol. The van der Waals surface area contributed by atoms with Gasteiger partial charge in [0.15, 0.2) is 6.10 Å². The quantitative estimate of drug-likeness (QED) is 0.824. The maximum Gasteiger partial charge on any atom is 0.350 e.